The molecule has 3 aromatic rings. The van der Waals surface area contributed by atoms with Crippen LogP contribution in [0.5, 0.6) is 0 Å². The molecule has 3 rings (SSSR count). The molecule has 25 heavy (non-hydrogen) atoms. The van der Waals surface area contributed by atoms with Gasteiger partial charge in [0.2, 0.25) is 5.91 Å². The molecule has 0 aliphatic heterocycles. The molecule has 1 N–H and O–H groups in total. The lowest BCUT2D eigenvalue weighted by Gasteiger charge is -2.04. The van der Waals surface area contributed by atoms with Crippen LogP contribution in [0.25, 0.3) is 11.3 Å². The number of rotatable bonds is 5. The van der Waals surface area contributed by atoms with Gasteiger partial charge in [0.05, 0.1) is 17.0 Å². The maximum atomic E-state index is 13.1. The molecule has 8 heteroatoms. The quantitative estimate of drug-likeness (QED) is 0.576. The summed E-state index contributed by atoms with van der Waals surface area (Å²) in [7, 11) is 0. The van der Waals surface area contributed by atoms with Gasteiger partial charge < -0.3 is 9.73 Å². The van der Waals surface area contributed by atoms with Crippen molar-refractivity contribution < 1.29 is 13.6 Å². The third kappa shape index (κ3) is 4.75. The van der Waals surface area contributed by atoms with Crippen LogP contribution in [-0.2, 0) is 4.79 Å². The molecule has 1 aromatic heterocycles. The van der Waals surface area contributed by atoms with Crippen LogP contribution in [0.4, 0.5) is 10.1 Å². The second-order valence-electron chi connectivity index (χ2n) is 4.96. The first kappa shape index (κ1) is 17.8. The first-order valence-electron chi connectivity index (χ1n) is 7.11. The molecule has 128 valence electrons. The Hall–Kier alpha value is -2.02. The summed E-state index contributed by atoms with van der Waals surface area (Å²) in [5.41, 5.74) is 1.26. The number of anilines is 1. The summed E-state index contributed by atoms with van der Waals surface area (Å²) in [6.45, 7) is 0. The zero-order chi connectivity index (χ0) is 17.8. The van der Waals surface area contributed by atoms with E-state index in [1.54, 1.807) is 18.3 Å². The van der Waals surface area contributed by atoms with Crippen molar-refractivity contribution in [3.05, 3.63) is 64.5 Å². The monoisotopic (exact) mass is 396 g/mol. The fraction of sp³-hybridized carbons (Fsp3) is 0.0588. The van der Waals surface area contributed by atoms with Gasteiger partial charge in [0.25, 0.3) is 5.22 Å². The number of carbonyl (C=O) groups is 1. The number of amides is 1. The van der Waals surface area contributed by atoms with Crippen molar-refractivity contribution in [3.8, 4) is 11.3 Å². The number of oxazole rings is 1. The van der Waals surface area contributed by atoms with Crippen LogP contribution in [-0.4, -0.2) is 16.6 Å². The maximum Gasteiger partial charge on any atom is 0.256 e. The molecule has 0 saturated heterocycles. The van der Waals surface area contributed by atoms with Crippen molar-refractivity contribution in [3.63, 3.8) is 0 Å². The van der Waals surface area contributed by atoms with E-state index in [4.69, 9.17) is 27.6 Å². The van der Waals surface area contributed by atoms with Crippen molar-refractivity contribution in [1.82, 2.24) is 4.98 Å². The van der Waals surface area contributed by atoms with Gasteiger partial charge in [-0.25, -0.2) is 9.37 Å². The first-order valence-corrected chi connectivity index (χ1v) is 8.85. The summed E-state index contributed by atoms with van der Waals surface area (Å²) in [5, 5.41) is 3.59. The zero-order valence-corrected chi connectivity index (χ0v) is 15.0. The average molecular weight is 397 g/mol. The standard InChI is InChI=1S/C17H11Cl2FN2O2S/c18-11-3-1-10(2-4-11)15-8-21-17(24-15)25-9-16(23)22-12-5-6-14(20)13(19)7-12/h1-8H,9H2,(H,22,23). The zero-order valence-electron chi connectivity index (χ0n) is 12.6. The van der Waals surface area contributed by atoms with Gasteiger partial charge in [-0.3, -0.25) is 4.79 Å². The number of hydrogen-bond donors (Lipinski definition) is 1. The fourth-order valence-corrected chi connectivity index (χ4v) is 2.88. The van der Waals surface area contributed by atoms with Crippen molar-refractivity contribution in [1.29, 1.82) is 0 Å². The summed E-state index contributed by atoms with van der Waals surface area (Å²) in [5.74, 6) is -0.136. The Labute approximate surface area is 157 Å². The Morgan fingerprint density at radius 1 is 1.20 bits per heavy atom. The highest BCUT2D eigenvalue weighted by Crippen LogP contribution is 2.26. The molecule has 0 aliphatic carbocycles. The van der Waals surface area contributed by atoms with Crippen LogP contribution < -0.4 is 5.32 Å². The van der Waals surface area contributed by atoms with E-state index < -0.39 is 5.82 Å². The van der Waals surface area contributed by atoms with Gasteiger partial charge in [-0.1, -0.05) is 35.0 Å². The molecule has 0 saturated carbocycles. The second kappa shape index (κ2) is 7.91. The molecule has 0 unspecified atom stereocenters. The minimum atomic E-state index is -0.538. The lowest BCUT2D eigenvalue weighted by atomic mass is 10.2. The van der Waals surface area contributed by atoms with Gasteiger partial charge in [-0.15, -0.1) is 0 Å². The van der Waals surface area contributed by atoms with Crippen molar-refractivity contribution in [2.24, 2.45) is 0 Å². The van der Waals surface area contributed by atoms with Gasteiger partial charge in [0.1, 0.15) is 5.82 Å². The number of hydrogen-bond acceptors (Lipinski definition) is 4. The predicted molar refractivity (Wildman–Crippen MR) is 97.7 cm³/mol. The van der Waals surface area contributed by atoms with Gasteiger partial charge in [-0.05, 0) is 42.5 Å². The SMILES string of the molecule is O=C(CSc1ncc(-c2ccc(Cl)cc2)o1)Nc1ccc(F)c(Cl)c1. The molecule has 0 aliphatic rings. The molecule has 1 amide bonds. The first-order chi connectivity index (χ1) is 12.0. The van der Waals surface area contributed by atoms with E-state index in [0.29, 0.717) is 21.7 Å². The van der Waals surface area contributed by atoms with Gasteiger partial charge in [-0.2, -0.15) is 0 Å². The highest BCUT2D eigenvalue weighted by molar-refractivity contribution is 7.99. The smallest absolute Gasteiger partial charge is 0.256 e. The van der Waals surface area contributed by atoms with E-state index in [1.165, 1.54) is 18.2 Å². The van der Waals surface area contributed by atoms with Gasteiger partial charge in [0.15, 0.2) is 5.76 Å². The van der Waals surface area contributed by atoms with Crippen molar-refractivity contribution >= 4 is 46.6 Å². The highest BCUT2D eigenvalue weighted by Gasteiger charge is 2.10. The third-order valence-electron chi connectivity index (χ3n) is 3.14. The molecule has 0 spiro atoms. The van der Waals surface area contributed by atoms with Crippen LogP contribution in [0.15, 0.2) is 58.3 Å². The summed E-state index contributed by atoms with van der Waals surface area (Å²) >= 11 is 12.7. The largest absolute Gasteiger partial charge is 0.431 e. The van der Waals surface area contributed by atoms with Crippen LogP contribution in [0.1, 0.15) is 0 Å². The number of carbonyl (C=O) groups excluding carboxylic acids is 1. The average Bonchev–Trinajstić information content (AvgIpc) is 3.06. The third-order valence-corrected chi connectivity index (χ3v) is 4.53. The van der Waals surface area contributed by atoms with Crippen molar-refractivity contribution in [2.75, 3.05) is 11.1 Å². The van der Waals surface area contributed by atoms with E-state index >= 15 is 0 Å². The topological polar surface area (TPSA) is 55.1 Å². The summed E-state index contributed by atoms with van der Waals surface area (Å²) < 4.78 is 18.7. The molecule has 0 atom stereocenters. The van der Waals surface area contributed by atoms with Gasteiger partial charge >= 0.3 is 0 Å². The Bertz CT molecular complexity index is 900. The molecular formula is C17H11Cl2FN2O2S. The van der Waals surface area contributed by atoms with Gasteiger partial charge in [0, 0.05) is 16.3 Å². The fourth-order valence-electron chi connectivity index (χ4n) is 1.97. The molecule has 4 nitrogen and oxygen atoms in total. The van der Waals surface area contributed by atoms with E-state index in [-0.39, 0.29) is 16.7 Å². The highest BCUT2D eigenvalue weighted by atomic mass is 35.5. The summed E-state index contributed by atoms with van der Waals surface area (Å²) in [6.07, 6.45) is 1.59. The molecule has 0 fully saturated rings. The van der Waals surface area contributed by atoms with E-state index in [1.807, 2.05) is 12.1 Å². The Morgan fingerprint density at radius 3 is 2.68 bits per heavy atom. The Morgan fingerprint density at radius 2 is 1.96 bits per heavy atom. The predicted octanol–water partition coefficient (Wildman–Crippen LogP) is 5.52. The van der Waals surface area contributed by atoms with Crippen LogP contribution in [0, 0.1) is 5.82 Å². The number of nitrogens with zero attached hydrogens (tertiary/aromatic N) is 1. The molecule has 0 bridgehead atoms. The Balaban J connectivity index is 1.57. The van der Waals surface area contributed by atoms with E-state index in [9.17, 15) is 9.18 Å². The lowest BCUT2D eigenvalue weighted by Crippen LogP contribution is -2.14. The molecule has 1 heterocycles. The molecular weight excluding hydrogens is 386 g/mol. The lowest BCUT2D eigenvalue weighted by molar-refractivity contribution is -0.113. The number of nitrogens with one attached hydrogen (secondary N) is 1. The molecule has 0 radical (unpaired) electrons. The molecule has 2 aromatic carbocycles. The van der Waals surface area contributed by atoms with Crippen molar-refractivity contribution in [2.45, 2.75) is 5.22 Å². The second-order valence-corrected chi connectivity index (χ2v) is 6.73. The number of benzene rings is 2. The van der Waals surface area contributed by atoms with Crippen LogP contribution in [0.2, 0.25) is 10.0 Å². The minimum absolute atomic E-state index is 0.0502. The summed E-state index contributed by atoms with van der Waals surface area (Å²) in [6, 6.07) is 11.1. The normalized spacial score (nSPS) is 10.7. The summed E-state index contributed by atoms with van der Waals surface area (Å²) in [4.78, 5) is 16.1. The number of halogens is 3. The van der Waals surface area contributed by atoms with E-state index in [0.717, 1.165) is 17.3 Å². The van der Waals surface area contributed by atoms with E-state index in [2.05, 4.69) is 10.3 Å². The maximum absolute atomic E-state index is 13.1. The van der Waals surface area contributed by atoms with Crippen LogP contribution in [0.3, 0.4) is 0 Å². The number of thioether (sulfide) groups is 1. The number of aromatic nitrogens is 1. The Kier molecular flexibility index (Phi) is 5.63. The van der Waals surface area contributed by atoms with Crippen LogP contribution >= 0.6 is 35.0 Å². The minimum Gasteiger partial charge on any atom is -0.431 e.